The monoisotopic (exact) mass is 278 g/mol. The molecule has 0 unspecified atom stereocenters. The first kappa shape index (κ1) is 12.5. The van der Waals surface area contributed by atoms with Crippen molar-refractivity contribution in [3.05, 3.63) is 35.9 Å². The molecule has 2 aliphatic rings. The highest BCUT2D eigenvalue weighted by Crippen LogP contribution is 2.26. The number of rotatable bonds is 3. The van der Waals surface area contributed by atoms with Gasteiger partial charge in [-0.15, -0.1) is 0 Å². The molecule has 1 aromatic carbocycles. The van der Waals surface area contributed by atoms with Gasteiger partial charge in [0.1, 0.15) is 12.6 Å². The predicted molar refractivity (Wildman–Crippen MR) is 71.6 cm³/mol. The van der Waals surface area contributed by atoms with Crippen molar-refractivity contribution in [2.45, 2.75) is 12.1 Å². The van der Waals surface area contributed by atoms with Crippen LogP contribution in [0.1, 0.15) is 10.4 Å². The van der Waals surface area contributed by atoms with Gasteiger partial charge >= 0.3 is 0 Å². The van der Waals surface area contributed by atoms with Gasteiger partial charge in [-0.3, -0.25) is 14.4 Å². The van der Waals surface area contributed by atoms with E-state index in [1.807, 2.05) is 6.07 Å². The highest BCUT2D eigenvalue weighted by Gasteiger charge is 2.40. The van der Waals surface area contributed by atoms with Crippen LogP contribution in [0.5, 0.6) is 0 Å². The van der Waals surface area contributed by atoms with E-state index in [0.29, 0.717) is 5.56 Å². The first-order valence-corrected chi connectivity index (χ1v) is 7.31. The van der Waals surface area contributed by atoms with Crippen LogP contribution in [0.2, 0.25) is 0 Å². The van der Waals surface area contributed by atoms with Gasteiger partial charge in [0.25, 0.3) is 11.8 Å². The molecule has 19 heavy (non-hydrogen) atoms. The summed E-state index contributed by atoms with van der Waals surface area (Å²) in [4.78, 5) is 29.4. The van der Waals surface area contributed by atoms with Gasteiger partial charge in [0, 0.05) is 17.1 Å². The van der Waals surface area contributed by atoms with E-state index >= 15 is 0 Å². The largest absolute Gasteiger partial charge is 0.338 e. The molecule has 2 heterocycles. The molecule has 0 bridgehead atoms. The lowest BCUT2D eigenvalue weighted by Gasteiger charge is -2.32. The molecule has 2 amide bonds. The summed E-state index contributed by atoms with van der Waals surface area (Å²) in [7, 11) is 0. The third kappa shape index (κ3) is 2.46. The maximum atomic E-state index is 12.1. The van der Waals surface area contributed by atoms with Gasteiger partial charge in [0.2, 0.25) is 0 Å². The van der Waals surface area contributed by atoms with Gasteiger partial charge in [0.15, 0.2) is 0 Å². The van der Waals surface area contributed by atoms with E-state index in [9.17, 15) is 9.59 Å². The molecular weight excluding hydrogens is 264 g/mol. The van der Waals surface area contributed by atoms with Crippen LogP contribution in [0.15, 0.2) is 30.3 Å². The number of benzene rings is 1. The number of hydrogen-bond donors (Lipinski definition) is 1. The van der Waals surface area contributed by atoms with E-state index in [2.05, 4.69) is 5.32 Å². The fraction of sp³-hybridized carbons (Fsp3) is 0.385. The Hall–Kier alpha value is -1.53. The van der Waals surface area contributed by atoms with E-state index < -0.39 is 6.04 Å². The molecule has 1 atom stereocenters. The minimum absolute atomic E-state index is 0.144. The number of hydrogen-bond acceptors (Lipinski definition) is 4. The van der Waals surface area contributed by atoms with Crippen LogP contribution in [0, 0.1) is 0 Å². The quantitative estimate of drug-likeness (QED) is 0.883. The fourth-order valence-electron chi connectivity index (χ4n) is 2.02. The maximum Gasteiger partial charge on any atom is 0.271 e. The summed E-state index contributed by atoms with van der Waals surface area (Å²) >= 11 is 1.78. The minimum Gasteiger partial charge on any atom is -0.338 e. The van der Waals surface area contributed by atoms with Crippen LogP contribution in [0.3, 0.4) is 0 Å². The third-order valence-corrected chi connectivity index (χ3v) is 4.43. The number of hydroxylamine groups is 2. The number of amides is 2. The van der Waals surface area contributed by atoms with Gasteiger partial charge in [0.05, 0.1) is 6.04 Å². The first-order chi connectivity index (χ1) is 9.25. The standard InChI is InChI=1S/C13H14N2O3S/c16-12(9-4-2-1-3-5-9)14-11-6-18-15(13(11)17)10-7-19-8-10/h1-5,10-11H,6-8H2,(H,14,16)/t11-/m1/s1. The summed E-state index contributed by atoms with van der Waals surface area (Å²) in [5.74, 6) is 1.43. The van der Waals surface area contributed by atoms with Gasteiger partial charge in [-0.25, -0.2) is 5.06 Å². The molecule has 0 saturated carbocycles. The van der Waals surface area contributed by atoms with Crippen molar-refractivity contribution >= 4 is 23.6 Å². The summed E-state index contributed by atoms with van der Waals surface area (Å²) in [6.45, 7) is 0.221. The second-order valence-electron chi connectivity index (χ2n) is 4.54. The summed E-state index contributed by atoms with van der Waals surface area (Å²) in [5.41, 5.74) is 0.549. The molecule has 0 spiro atoms. The van der Waals surface area contributed by atoms with Gasteiger partial charge < -0.3 is 5.32 Å². The first-order valence-electron chi connectivity index (χ1n) is 6.15. The minimum atomic E-state index is -0.571. The molecule has 2 aliphatic heterocycles. The van der Waals surface area contributed by atoms with Crippen molar-refractivity contribution in [1.29, 1.82) is 0 Å². The highest BCUT2D eigenvalue weighted by atomic mass is 32.2. The van der Waals surface area contributed by atoms with Crippen molar-refractivity contribution < 1.29 is 14.4 Å². The number of carbonyl (C=O) groups is 2. The van der Waals surface area contributed by atoms with Crippen LogP contribution in [-0.2, 0) is 9.63 Å². The summed E-state index contributed by atoms with van der Waals surface area (Å²) in [5, 5.41) is 4.14. The van der Waals surface area contributed by atoms with Crippen molar-refractivity contribution in [2.24, 2.45) is 0 Å². The Kier molecular flexibility index (Phi) is 3.44. The van der Waals surface area contributed by atoms with Crippen LogP contribution in [0.4, 0.5) is 0 Å². The molecule has 5 nitrogen and oxygen atoms in total. The van der Waals surface area contributed by atoms with E-state index in [4.69, 9.17) is 4.84 Å². The topological polar surface area (TPSA) is 58.6 Å². The molecule has 0 radical (unpaired) electrons. The number of carbonyl (C=O) groups excluding carboxylic acids is 2. The maximum absolute atomic E-state index is 12.1. The number of nitrogens with zero attached hydrogens (tertiary/aromatic N) is 1. The molecule has 2 saturated heterocycles. The Morgan fingerprint density at radius 1 is 1.32 bits per heavy atom. The normalized spacial score (nSPS) is 23.3. The van der Waals surface area contributed by atoms with Crippen LogP contribution in [0.25, 0.3) is 0 Å². The van der Waals surface area contributed by atoms with E-state index in [-0.39, 0.29) is 24.5 Å². The average molecular weight is 278 g/mol. The molecule has 1 N–H and O–H groups in total. The lowest BCUT2D eigenvalue weighted by molar-refractivity contribution is -0.170. The van der Waals surface area contributed by atoms with Gasteiger partial charge in [-0.2, -0.15) is 11.8 Å². The number of nitrogens with one attached hydrogen (secondary N) is 1. The zero-order valence-corrected chi connectivity index (χ0v) is 11.1. The van der Waals surface area contributed by atoms with Gasteiger partial charge in [-0.05, 0) is 12.1 Å². The summed E-state index contributed by atoms with van der Waals surface area (Å²) in [6, 6.07) is 8.46. The van der Waals surface area contributed by atoms with Crippen LogP contribution in [-0.4, -0.2) is 47.1 Å². The van der Waals surface area contributed by atoms with E-state index in [1.54, 1.807) is 36.0 Å². The van der Waals surface area contributed by atoms with Crippen LogP contribution < -0.4 is 5.32 Å². The predicted octanol–water partition coefficient (Wildman–Crippen LogP) is 0.674. The molecule has 100 valence electrons. The Morgan fingerprint density at radius 2 is 2.05 bits per heavy atom. The molecule has 3 rings (SSSR count). The molecular formula is C13H14N2O3S. The molecule has 6 heteroatoms. The molecule has 1 aromatic rings. The van der Waals surface area contributed by atoms with E-state index in [1.165, 1.54) is 5.06 Å². The van der Waals surface area contributed by atoms with Crippen molar-refractivity contribution in [1.82, 2.24) is 10.4 Å². The number of thioether (sulfide) groups is 1. The van der Waals surface area contributed by atoms with Crippen molar-refractivity contribution in [2.75, 3.05) is 18.1 Å². The zero-order valence-electron chi connectivity index (χ0n) is 10.2. The lowest BCUT2D eigenvalue weighted by atomic mass is 10.2. The van der Waals surface area contributed by atoms with Gasteiger partial charge in [-0.1, -0.05) is 18.2 Å². The van der Waals surface area contributed by atoms with E-state index in [0.717, 1.165) is 11.5 Å². The second kappa shape index (κ2) is 5.22. The zero-order chi connectivity index (χ0) is 13.2. The fourth-order valence-corrected chi connectivity index (χ4v) is 2.74. The Morgan fingerprint density at radius 3 is 2.68 bits per heavy atom. The highest BCUT2D eigenvalue weighted by molar-refractivity contribution is 8.00. The van der Waals surface area contributed by atoms with Crippen LogP contribution >= 0.6 is 11.8 Å². The molecule has 0 aromatic heterocycles. The molecule has 2 fully saturated rings. The second-order valence-corrected chi connectivity index (χ2v) is 5.62. The smallest absolute Gasteiger partial charge is 0.271 e. The van der Waals surface area contributed by atoms with Crippen molar-refractivity contribution in [3.8, 4) is 0 Å². The molecule has 0 aliphatic carbocycles. The Balaban J connectivity index is 1.61. The third-order valence-electron chi connectivity index (χ3n) is 3.19. The average Bonchev–Trinajstić information content (AvgIpc) is 2.71. The summed E-state index contributed by atoms with van der Waals surface area (Å²) in [6.07, 6.45) is 0. The SMILES string of the molecule is O=C(N[C@@H]1CON(C2CSC2)C1=O)c1ccccc1. The Bertz CT molecular complexity index is 490. The lowest BCUT2D eigenvalue weighted by Crippen LogP contribution is -2.49. The Labute approximate surface area is 115 Å². The summed E-state index contributed by atoms with van der Waals surface area (Å²) < 4.78 is 0. The van der Waals surface area contributed by atoms with Crippen molar-refractivity contribution in [3.63, 3.8) is 0 Å².